The lowest BCUT2D eigenvalue weighted by Crippen LogP contribution is -2.16. The number of hydrogen-bond acceptors (Lipinski definition) is 1. The van der Waals surface area contributed by atoms with Crippen LogP contribution in [-0.4, -0.2) is 13.4 Å². The second kappa shape index (κ2) is 4.32. The van der Waals surface area contributed by atoms with Crippen LogP contribution in [0.1, 0.15) is 5.56 Å². The Hall–Kier alpha value is -1.23. The van der Waals surface area contributed by atoms with Gasteiger partial charge >= 0.3 is 6.36 Å². The molecule has 0 bridgehead atoms. The van der Waals surface area contributed by atoms with E-state index in [1.807, 2.05) is 0 Å². The minimum atomic E-state index is -4.63. The minimum Gasteiger partial charge on any atom is -0.661 e. The number of rotatable bonds is 3. The Labute approximate surface area is 79.7 Å². The van der Waals surface area contributed by atoms with Crippen LogP contribution >= 0.6 is 0 Å². The van der Waals surface area contributed by atoms with E-state index in [4.69, 9.17) is 0 Å². The van der Waals surface area contributed by atoms with Gasteiger partial charge in [-0.1, -0.05) is 17.7 Å². The molecule has 0 radical (unpaired) electrons. The number of alkyl halides is 3. The van der Waals surface area contributed by atoms with Crippen molar-refractivity contribution in [3.05, 3.63) is 35.1 Å². The molecule has 0 spiro atoms. The highest BCUT2D eigenvalue weighted by molar-refractivity contribution is 5.28. The van der Waals surface area contributed by atoms with Crippen molar-refractivity contribution in [2.75, 3.05) is 7.05 Å². The molecule has 0 aromatic heterocycles. The molecule has 1 aromatic rings. The standard InChI is InChI=1S/C9H9F3NO/c1-13-6-7-2-4-8(5-3-7)14-9(10,11)12/h2-5H,6H2,1H3/q-1. The van der Waals surface area contributed by atoms with Crippen LogP contribution in [0.25, 0.3) is 5.32 Å². The van der Waals surface area contributed by atoms with Gasteiger partial charge in [0.2, 0.25) is 0 Å². The van der Waals surface area contributed by atoms with Gasteiger partial charge in [0.25, 0.3) is 0 Å². The van der Waals surface area contributed by atoms with Crippen LogP contribution in [0.4, 0.5) is 13.2 Å². The summed E-state index contributed by atoms with van der Waals surface area (Å²) in [6, 6.07) is 5.64. The number of nitrogens with zero attached hydrogens (tertiary/aromatic N) is 1. The van der Waals surface area contributed by atoms with E-state index >= 15 is 0 Å². The highest BCUT2D eigenvalue weighted by Gasteiger charge is 2.30. The van der Waals surface area contributed by atoms with Crippen molar-refractivity contribution >= 4 is 0 Å². The lowest BCUT2D eigenvalue weighted by Gasteiger charge is -2.12. The molecule has 14 heavy (non-hydrogen) atoms. The normalized spacial score (nSPS) is 11.4. The quantitative estimate of drug-likeness (QED) is 0.742. The molecule has 0 atom stereocenters. The Kier molecular flexibility index (Phi) is 3.35. The summed E-state index contributed by atoms with van der Waals surface area (Å²) in [5, 5.41) is 3.85. The van der Waals surface area contributed by atoms with Gasteiger partial charge in [-0.15, -0.1) is 19.7 Å². The van der Waals surface area contributed by atoms with Crippen molar-refractivity contribution < 1.29 is 17.9 Å². The van der Waals surface area contributed by atoms with Crippen LogP contribution in [-0.2, 0) is 6.54 Å². The molecule has 0 fully saturated rings. The van der Waals surface area contributed by atoms with Gasteiger partial charge in [-0.2, -0.15) is 7.05 Å². The molecular formula is C9H9F3NO-. The fourth-order valence-electron chi connectivity index (χ4n) is 0.979. The van der Waals surface area contributed by atoms with E-state index < -0.39 is 6.36 Å². The number of halogens is 3. The van der Waals surface area contributed by atoms with Crippen LogP contribution in [0.2, 0.25) is 0 Å². The number of ether oxygens (including phenoxy) is 1. The summed E-state index contributed by atoms with van der Waals surface area (Å²) in [5.41, 5.74) is 0.849. The summed E-state index contributed by atoms with van der Waals surface area (Å²) in [4.78, 5) is 0. The zero-order valence-electron chi connectivity index (χ0n) is 7.51. The molecule has 0 saturated heterocycles. The van der Waals surface area contributed by atoms with E-state index in [0.717, 1.165) is 5.56 Å². The van der Waals surface area contributed by atoms with Crippen molar-refractivity contribution in [2.45, 2.75) is 12.9 Å². The van der Waals surface area contributed by atoms with Crippen LogP contribution in [0.5, 0.6) is 5.75 Å². The first-order chi connectivity index (χ1) is 6.51. The van der Waals surface area contributed by atoms with Crippen molar-refractivity contribution in [3.8, 4) is 5.75 Å². The fourth-order valence-corrected chi connectivity index (χ4v) is 0.979. The smallest absolute Gasteiger partial charge is 0.573 e. The maximum atomic E-state index is 11.7. The van der Waals surface area contributed by atoms with E-state index in [0.29, 0.717) is 6.54 Å². The summed E-state index contributed by atoms with van der Waals surface area (Å²) < 4.78 is 39.0. The third-order valence-corrected chi connectivity index (χ3v) is 1.50. The van der Waals surface area contributed by atoms with Gasteiger partial charge in [-0.3, -0.25) is 0 Å². The average molecular weight is 204 g/mol. The summed E-state index contributed by atoms with van der Waals surface area (Å²) in [7, 11) is 1.64. The van der Waals surface area contributed by atoms with E-state index in [1.165, 1.54) is 12.1 Å². The van der Waals surface area contributed by atoms with Crippen LogP contribution in [0.3, 0.4) is 0 Å². The predicted octanol–water partition coefficient (Wildman–Crippen LogP) is 3.09. The molecule has 0 N–H and O–H groups in total. The van der Waals surface area contributed by atoms with Gasteiger partial charge in [0.05, 0.1) is 0 Å². The van der Waals surface area contributed by atoms with Gasteiger partial charge in [0.15, 0.2) is 0 Å². The second-order valence-corrected chi connectivity index (χ2v) is 2.67. The number of hydrogen-bond donors (Lipinski definition) is 0. The van der Waals surface area contributed by atoms with Crippen molar-refractivity contribution in [1.29, 1.82) is 0 Å². The maximum absolute atomic E-state index is 11.7. The van der Waals surface area contributed by atoms with Crippen molar-refractivity contribution in [3.63, 3.8) is 0 Å². The van der Waals surface area contributed by atoms with E-state index in [-0.39, 0.29) is 5.75 Å². The largest absolute Gasteiger partial charge is 0.661 e. The topological polar surface area (TPSA) is 23.3 Å². The van der Waals surface area contributed by atoms with Crippen LogP contribution in [0.15, 0.2) is 24.3 Å². The summed E-state index contributed by atoms with van der Waals surface area (Å²) in [6.45, 7) is 0.492. The third kappa shape index (κ3) is 3.66. The lowest BCUT2D eigenvalue weighted by atomic mass is 10.2. The van der Waals surface area contributed by atoms with Crippen molar-refractivity contribution in [1.82, 2.24) is 0 Å². The zero-order chi connectivity index (χ0) is 10.6. The summed E-state index contributed by atoms with van der Waals surface area (Å²) in [5.74, 6) is -0.211. The Morgan fingerprint density at radius 1 is 1.21 bits per heavy atom. The molecule has 2 nitrogen and oxygen atoms in total. The van der Waals surface area contributed by atoms with Crippen LogP contribution in [0, 0.1) is 0 Å². The third-order valence-electron chi connectivity index (χ3n) is 1.50. The van der Waals surface area contributed by atoms with E-state index in [2.05, 4.69) is 10.1 Å². The minimum absolute atomic E-state index is 0.211. The predicted molar refractivity (Wildman–Crippen MR) is 46.1 cm³/mol. The first kappa shape index (κ1) is 10.8. The van der Waals surface area contributed by atoms with Gasteiger partial charge in [-0.05, 0) is 12.1 Å². The van der Waals surface area contributed by atoms with Gasteiger partial charge < -0.3 is 10.1 Å². The Bertz CT molecular complexity index is 281. The average Bonchev–Trinajstić information content (AvgIpc) is 2.06. The van der Waals surface area contributed by atoms with E-state index in [9.17, 15) is 13.2 Å². The summed E-state index contributed by atoms with van der Waals surface area (Å²) in [6.07, 6.45) is -4.63. The van der Waals surface area contributed by atoms with E-state index in [1.54, 1.807) is 19.2 Å². The molecule has 0 unspecified atom stereocenters. The summed E-state index contributed by atoms with van der Waals surface area (Å²) >= 11 is 0. The molecule has 0 aliphatic heterocycles. The fraction of sp³-hybridized carbons (Fsp3) is 0.333. The molecule has 78 valence electrons. The monoisotopic (exact) mass is 204 g/mol. The maximum Gasteiger partial charge on any atom is 0.573 e. The lowest BCUT2D eigenvalue weighted by molar-refractivity contribution is -0.274. The molecule has 1 aromatic carbocycles. The Balaban J connectivity index is 2.64. The van der Waals surface area contributed by atoms with Crippen molar-refractivity contribution in [2.24, 2.45) is 0 Å². The molecular weight excluding hydrogens is 195 g/mol. The Morgan fingerprint density at radius 2 is 1.79 bits per heavy atom. The molecule has 0 heterocycles. The van der Waals surface area contributed by atoms with Gasteiger partial charge in [-0.25, -0.2) is 0 Å². The zero-order valence-corrected chi connectivity index (χ0v) is 7.51. The second-order valence-electron chi connectivity index (χ2n) is 2.67. The molecule has 0 amide bonds. The van der Waals surface area contributed by atoms with Gasteiger partial charge in [0, 0.05) is 0 Å². The Morgan fingerprint density at radius 3 is 2.21 bits per heavy atom. The highest BCUT2D eigenvalue weighted by Crippen LogP contribution is 2.22. The molecule has 5 heteroatoms. The highest BCUT2D eigenvalue weighted by atomic mass is 19.4. The molecule has 1 rings (SSSR count). The number of benzene rings is 1. The molecule has 0 saturated carbocycles. The molecule has 0 aliphatic rings. The first-order valence-electron chi connectivity index (χ1n) is 3.91. The SMILES string of the molecule is C[N-]Cc1ccc(OC(F)(F)F)cc1. The van der Waals surface area contributed by atoms with Gasteiger partial charge in [0.1, 0.15) is 5.75 Å². The van der Waals surface area contributed by atoms with Crippen LogP contribution < -0.4 is 4.74 Å². The molecule has 0 aliphatic carbocycles. The first-order valence-corrected chi connectivity index (χ1v) is 3.91.